The molecule has 0 aliphatic carbocycles. The Balaban J connectivity index is 1.71. The van der Waals surface area contributed by atoms with E-state index >= 15 is 0 Å². The number of likely N-dealkylation sites (tertiary alicyclic amines) is 2. The number of hydrogen-bond donors (Lipinski definition) is 0. The third kappa shape index (κ3) is 3.66. The van der Waals surface area contributed by atoms with Gasteiger partial charge in [-0.2, -0.15) is 0 Å². The molecule has 0 aromatic carbocycles. The third-order valence-corrected chi connectivity index (χ3v) is 5.13. The first-order valence-corrected chi connectivity index (χ1v) is 8.70. The lowest BCUT2D eigenvalue weighted by Crippen LogP contribution is -2.54. The van der Waals surface area contributed by atoms with Crippen molar-refractivity contribution >= 4 is 11.8 Å². The minimum Gasteiger partial charge on any atom is -0.339 e. The second-order valence-corrected chi connectivity index (χ2v) is 6.97. The van der Waals surface area contributed by atoms with E-state index in [0.717, 1.165) is 44.5 Å². The molecule has 5 nitrogen and oxygen atoms in total. The van der Waals surface area contributed by atoms with Gasteiger partial charge < -0.3 is 9.80 Å². The van der Waals surface area contributed by atoms with Crippen LogP contribution < -0.4 is 0 Å². The lowest BCUT2D eigenvalue weighted by atomic mass is 9.73. The molecule has 1 spiro atoms. The molecule has 0 bridgehead atoms. The normalized spacial score (nSPS) is 24.8. The van der Waals surface area contributed by atoms with Gasteiger partial charge in [-0.3, -0.25) is 14.6 Å². The SMILES string of the molecule is C/C=C/C(=O)N1CCCC2(CCC(=O)N(Cc3cccnc3)C2)C1. The number of carbonyl (C=O) groups excluding carboxylic acids is 2. The van der Waals surface area contributed by atoms with Crippen LogP contribution in [0.1, 0.15) is 38.2 Å². The maximum Gasteiger partial charge on any atom is 0.246 e. The first-order valence-electron chi connectivity index (χ1n) is 8.70. The van der Waals surface area contributed by atoms with Crippen LogP contribution >= 0.6 is 0 Å². The molecule has 2 aliphatic rings. The number of rotatable bonds is 3. The van der Waals surface area contributed by atoms with E-state index in [1.165, 1.54) is 0 Å². The zero-order valence-electron chi connectivity index (χ0n) is 14.3. The fourth-order valence-corrected chi connectivity index (χ4v) is 3.94. The Morgan fingerprint density at radius 3 is 3.00 bits per heavy atom. The van der Waals surface area contributed by atoms with Crippen molar-refractivity contribution in [2.24, 2.45) is 5.41 Å². The van der Waals surface area contributed by atoms with Crippen molar-refractivity contribution in [2.45, 2.75) is 39.2 Å². The summed E-state index contributed by atoms with van der Waals surface area (Å²) in [6, 6.07) is 3.90. The maximum absolute atomic E-state index is 12.4. The van der Waals surface area contributed by atoms with Crippen molar-refractivity contribution in [1.82, 2.24) is 14.8 Å². The van der Waals surface area contributed by atoms with Crippen LogP contribution in [-0.2, 0) is 16.1 Å². The van der Waals surface area contributed by atoms with Crippen molar-refractivity contribution in [3.8, 4) is 0 Å². The summed E-state index contributed by atoms with van der Waals surface area (Å²) in [4.78, 5) is 32.6. The first kappa shape index (κ1) is 16.7. The van der Waals surface area contributed by atoms with Crippen LogP contribution in [0.3, 0.4) is 0 Å². The van der Waals surface area contributed by atoms with Gasteiger partial charge in [0.15, 0.2) is 0 Å². The highest BCUT2D eigenvalue weighted by Gasteiger charge is 2.42. The number of allylic oxidation sites excluding steroid dienone is 1. The van der Waals surface area contributed by atoms with Crippen molar-refractivity contribution in [3.05, 3.63) is 42.2 Å². The van der Waals surface area contributed by atoms with Crippen LogP contribution in [-0.4, -0.2) is 46.2 Å². The van der Waals surface area contributed by atoms with Crippen LogP contribution in [0.2, 0.25) is 0 Å². The summed E-state index contributed by atoms with van der Waals surface area (Å²) in [5.41, 5.74) is 1.10. The van der Waals surface area contributed by atoms with E-state index in [0.29, 0.717) is 13.0 Å². The minimum atomic E-state index is 0.0472. The van der Waals surface area contributed by atoms with E-state index in [1.807, 2.05) is 35.1 Å². The Bertz CT molecular complexity index is 629. The number of nitrogens with zero attached hydrogens (tertiary/aromatic N) is 3. The standard InChI is InChI=1S/C19H25N3O2/c1-2-5-17(23)21-11-4-8-19(14-21)9-7-18(24)22(15-19)13-16-6-3-10-20-12-16/h2-3,5-6,10,12H,4,7-9,11,13-15H2,1H3/b5-2+. The summed E-state index contributed by atoms with van der Waals surface area (Å²) in [6.45, 7) is 4.79. The number of aromatic nitrogens is 1. The van der Waals surface area contributed by atoms with E-state index in [4.69, 9.17) is 0 Å². The van der Waals surface area contributed by atoms with Gasteiger partial charge in [0, 0.05) is 50.4 Å². The van der Waals surface area contributed by atoms with Crippen molar-refractivity contribution in [2.75, 3.05) is 19.6 Å². The van der Waals surface area contributed by atoms with Crippen LogP contribution in [0.25, 0.3) is 0 Å². The third-order valence-electron chi connectivity index (χ3n) is 5.13. The Kier molecular flexibility index (Phi) is 4.97. The highest BCUT2D eigenvalue weighted by atomic mass is 16.2. The molecule has 24 heavy (non-hydrogen) atoms. The molecular weight excluding hydrogens is 302 g/mol. The molecule has 0 saturated carbocycles. The molecule has 2 amide bonds. The number of hydrogen-bond acceptors (Lipinski definition) is 3. The monoisotopic (exact) mass is 327 g/mol. The number of pyridine rings is 1. The second-order valence-electron chi connectivity index (χ2n) is 6.97. The summed E-state index contributed by atoms with van der Waals surface area (Å²) in [5, 5.41) is 0. The van der Waals surface area contributed by atoms with Gasteiger partial charge in [0.25, 0.3) is 0 Å². The lowest BCUT2D eigenvalue weighted by Gasteiger charge is -2.48. The fourth-order valence-electron chi connectivity index (χ4n) is 3.94. The molecular formula is C19H25N3O2. The highest BCUT2D eigenvalue weighted by molar-refractivity contribution is 5.87. The average Bonchev–Trinajstić information content (AvgIpc) is 2.60. The van der Waals surface area contributed by atoms with Gasteiger partial charge in [-0.05, 0) is 43.9 Å². The van der Waals surface area contributed by atoms with Crippen LogP contribution in [0.15, 0.2) is 36.7 Å². The summed E-state index contributed by atoms with van der Waals surface area (Å²) < 4.78 is 0. The van der Waals surface area contributed by atoms with Crippen LogP contribution in [0.4, 0.5) is 0 Å². The Hall–Kier alpha value is -2.17. The molecule has 1 aromatic rings. The molecule has 0 radical (unpaired) electrons. The molecule has 2 fully saturated rings. The quantitative estimate of drug-likeness (QED) is 0.801. The van der Waals surface area contributed by atoms with Crippen molar-refractivity contribution < 1.29 is 9.59 Å². The van der Waals surface area contributed by atoms with Crippen LogP contribution in [0.5, 0.6) is 0 Å². The summed E-state index contributed by atoms with van der Waals surface area (Å²) in [7, 11) is 0. The Morgan fingerprint density at radius 2 is 2.25 bits per heavy atom. The molecule has 128 valence electrons. The highest BCUT2D eigenvalue weighted by Crippen LogP contribution is 2.39. The van der Waals surface area contributed by atoms with Crippen molar-refractivity contribution in [1.29, 1.82) is 0 Å². The topological polar surface area (TPSA) is 53.5 Å². The molecule has 3 rings (SSSR count). The van der Waals surface area contributed by atoms with Crippen LogP contribution in [0, 0.1) is 5.41 Å². The molecule has 5 heteroatoms. The Morgan fingerprint density at radius 1 is 1.38 bits per heavy atom. The van der Waals surface area contributed by atoms with Gasteiger partial charge in [0.2, 0.25) is 11.8 Å². The van der Waals surface area contributed by atoms with Gasteiger partial charge in [0.1, 0.15) is 0 Å². The average molecular weight is 327 g/mol. The zero-order chi connectivity index (χ0) is 17.0. The fraction of sp³-hybridized carbons (Fsp3) is 0.526. The van der Waals surface area contributed by atoms with Crippen molar-refractivity contribution in [3.63, 3.8) is 0 Å². The summed E-state index contributed by atoms with van der Waals surface area (Å²) >= 11 is 0. The smallest absolute Gasteiger partial charge is 0.246 e. The second kappa shape index (κ2) is 7.16. The molecule has 1 atom stereocenters. The van der Waals surface area contributed by atoms with Gasteiger partial charge in [-0.15, -0.1) is 0 Å². The number of piperidine rings is 2. The number of carbonyl (C=O) groups is 2. The maximum atomic E-state index is 12.4. The van der Waals surface area contributed by atoms with E-state index in [9.17, 15) is 9.59 Å². The Labute approximate surface area is 143 Å². The minimum absolute atomic E-state index is 0.0472. The lowest BCUT2D eigenvalue weighted by molar-refractivity contribution is -0.142. The summed E-state index contributed by atoms with van der Waals surface area (Å²) in [5.74, 6) is 0.300. The molecule has 2 saturated heterocycles. The molecule has 1 aromatic heterocycles. The molecule has 3 heterocycles. The summed E-state index contributed by atoms with van der Waals surface area (Å²) in [6.07, 6.45) is 10.6. The molecule has 1 unspecified atom stereocenters. The predicted octanol–water partition coefficient (Wildman–Crippen LogP) is 2.39. The number of amides is 2. The van der Waals surface area contributed by atoms with E-state index in [-0.39, 0.29) is 17.2 Å². The predicted molar refractivity (Wildman–Crippen MR) is 91.9 cm³/mol. The van der Waals surface area contributed by atoms with E-state index < -0.39 is 0 Å². The van der Waals surface area contributed by atoms with Gasteiger partial charge >= 0.3 is 0 Å². The van der Waals surface area contributed by atoms with Gasteiger partial charge in [0.05, 0.1) is 0 Å². The zero-order valence-corrected chi connectivity index (χ0v) is 14.3. The largest absolute Gasteiger partial charge is 0.339 e. The van der Waals surface area contributed by atoms with E-state index in [2.05, 4.69) is 4.98 Å². The van der Waals surface area contributed by atoms with E-state index in [1.54, 1.807) is 18.3 Å². The van der Waals surface area contributed by atoms with Gasteiger partial charge in [-0.25, -0.2) is 0 Å². The first-order chi connectivity index (χ1) is 11.6. The van der Waals surface area contributed by atoms with Gasteiger partial charge in [-0.1, -0.05) is 12.1 Å². The molecule has 0 N–H and O–H groups in total. The molecule has 2 aliphatic heterocycles.